The Bertz CT molecular complexity index is 1930. The summed E-state index contributed by atoms with van der Waals surface area (Å²) in [5.41, 5.74) is -5.52. The number of likely N-dealkylation sites (tertiary alicyclic amines) is 2. The lowest BCUT2D eigenvalue weighted by Gasteiger charge is -2.51. The summed E-state index contributed by atoms with van der Waals surface area (Å²) in [6.45, 7) is 2.85. The van der Waals surface area contributed by atoms with E-state index < -0.39 is 63.8 Å². The Kier molecular flexibility index (Phi) is 13.5. The molecule has 6 rings (SSSR count). The first-order valence-corrected chi connectivity index (χ1v) is 20.3. The van der Waals surface area contributed by atoms with Gasteiger partial charge in [-0.2, -0.15) is 13.2 Å². The van der Waals surface area contributed by atoms with Gasteiger partial charge in [-0.3, -0.25) is 24.1 Å². The number of halogens is 6. The van der Waals surface area contributed by atoms with Gasteiger partial charge in [0.05, 0.1) is 34.1 Å². The quantitative estimate of drug-likeness (QED) is 0.122. The molecule has 3 aliphatic rings. The van der Waals surface area contributed by atoms with E-state index in [9.17, 15) is 41.8 Å². The van der Waals surface area contributed by atoms with Crippen molar-refractivity contribution in [3.63, 3.8) is 0 Å². The topological polar surface area (TPSA) is 130 Å². The fraction of sp³-hybridized carbons (Fsp3) is 0.561. The van der Waals surface area contributed by atoms with E-state index in [0.717, 1.165) is 49.1 Å². The average molecular weight is 842 g/mol. The van der Waals surface area contributed by atoms with Crippen LogP contribution in [-0.4, -0.2) is 80.7 Å². The minimum atomic E-state index is -4.88. The van der Waals surface area contributed by atoms with Crippen LogP contribution in [-0.2, 0) is 27.3 Å². The van der Waals surface area contributed by atoms with Crippen LogP contribution in [0.2, 0.25) is 0 Å². The zero-order valence-electron chi connectivity index (χ0n) is 32.4. The second-order valence-corrected chi connectivity index (χ2v) is 16.5. The first-order chi connectivity index (χ1) is 26.9. The number of aliphatic hydroxyl groups is 1. The molecule has 318 valence electrons. The Labute approximate surface area is 336 Å². The number of aromatic nitrogens is 1. The van der Waals surface area contributed by atoms with E-state index in [0.29, 0.717) is 43.4 Å². The highest BCUT2D eigenvalue weighted by atomic mass is 32.1. The second kappa shape index (κ2) is 17.5. The zero-order valence-corrected chi connectivity index (χ0v) is 33.2. The number of hydrogen-bond acceptors (Lipinski definition) is 8. The van der Waals surface area contributed by atoms with Crippen molar-refractivity contribution in [2.75, 3.05) is 26.2 Å². The van der Waals surface area contributed by atoms with Crippen LogP contribution >= 0.6 is 11.3 Å². The maximum Gasteiger partial charge on any atom is 0.418 e. The molecule has 1 aromatic carbocycles. The number of nitrogens with zero attached hydrogens (tertiary/aromatic N) is 3. The van der Waals surface area contributed by atoms with Crippen molar-refractivity contribution in [3.8, 4) is 11.5 Å². The summed E-state index contributed by atoms with van der Waals surface area (Å²) in [6.07, 6.45) is 0.258. The van der Waals surface area contributed by atoms with Crippen molar-refractivity contribution in [1.29, 1.82) is 0 Å². The molecule has 1 aliphatic carbocycles. The summed E-state index contributed by atoms with van der Waals surface area (Å²) in [7, 11) is 0. The van der Waals surface area contributed by atoms with Crippen molar-refractivity contribution in [3.05, 3.63) is 75.7 Å². The number of carbonyl (C=O) groups is 3. The minimum Gasteiger partial charge on any atom is -0.493 e. The van der Waals surface area contributed by atoms with Crippen molar-refractivity contribution in [2.45, 2.75) is 114 Å². The minimum absolute atomic E-state index is 0. The number of para-hydroxylation sites is 1. The van der Waals surface area contributed by atoms with E-state index in [1.807, 2.05) is 0 Å². The molecule has 10 nitrogen and oxygen atoms in total. The van der Waals surface area contributed by atoms with Gasteiger partial charge >= 0.3 is 12.1 Å². The molecular weight excluding hydrogens is 793 g/mol. The highest BCUT2D eigenvalue weighted by Crippen LogP contribution is 2.46. The lowest BCUT2D eigenvalue weighted by molar-refractivity contribution is -0.163. The van der Waals surface area contributed by atoms with Crippen LogP contribution in [0.25, 0.3) is 0 Å². The van der Waals surface area contributed by atoms with Crippen LogP contribution < -0.4 is 9.47 Å². The number of carboxylic acids is 1. The lowest BCUT2D eigenvalue weighted by atomic mass is 9.66. The smallest absolute Gasteiger partial charge is 0.418 e. The standard InChI is InChI=1S/C41H48F5N3O7S.FH/c1-3-10-31-40(56-27-25-32(57-26-27)37(2,42)43,17-8-21-49(31)34(50)33-29(41(44,45)46)12-6-20-47-33)35(51)48-22-18-39(54,19-23-48)28-11-4-5-13-30(28)55-24-9-16-38(36(52)53)14-7-15-38;/h4-6,11-13,20,25-26,31,54H,3,7-10,14-19,21-24H2,1-2H3,(H,52,53);1H/t31-,40+;/m1./s1. The van der Waals surface area contributed by atoms with Gasteiger partial charge in [-0.05, 0) is 69.6 Å². The second-order valence-electron chi connectivity index (χ2n) is 15.5. The highest BCUT2D eigenvalue weighted by molar-refractivity contribution is 7.10. The average Bonchev–Trinajstić information content (AvgIpc) is 3.63. The summed E-state index contributed by atoms with van der Waals surface area (Å²) in [6, 6.07) is 8.91. The Morgan fingerprint density at radius 3 is 2.29 bits per heavy atom. The number of ether oxygens (including phenoxy) is 2. The van der Waals surface area contributed by atoms with E-state index in [-0.39, 0.29) is 73.7 Å². The highest BCUT2D eigenvalue weighted by Gasteiger charge is 2.57. The molecule has 2 atom stereocenters. The van der Waals surface area contributed by atoms with Crippen LogP contribution in [0.3, 0.4) is 0 Å². The van der Waals surface area contributed by atoms with Gasteiger partial charge in [-0.25, -0.2) is 8.78 Å². The fourth-order valence-electron chi connectivity index (χ4n) is 8.52. The summed E-state index contributed by atoms with van der Waals surface area (Å²) in [4.78, 5) is 47.1. The molecule has 17 heteroatoms. The van der Waals surface area contributed by atoms with E-state index in [4.69, 9.17) is 9.47 Å². The third-order valence-corrected chi connectivity index (χ3v) is 12.8. The van der Waals surface area contributed by atoms with Crippen molar-refractivity contribution < 1.29 is 60.7 Å². The summed E-state index contributed by atoms with van der Waals surface area (Å²) < 4.78 is 83.6. The molecule has 1 saturated carbocycles. The van der Waals surface area contributed by atoms with E-state index in [1.165, 1.54) is 15.2 Å². The molecule has 58 heavy (non-hydrogen) atoms. The molecule has 3 aromatic rings. The maximum absolute atomic E-state index is 15.0. The molecule has 2 N–H and O–H groups in total. The van der Waals surface area contributed by atoms with Crippen molar-refractivity contribution in [1.82, 2.24) is 14.8 Å². The van der Waals surface area contributed by atoms with Gasteiger partial charge < -0.3 is 29.5 Å². The monoisotopic (exact) mass is 841 g/mol. The number of carboxylic acid groups (broad SMARTS) is 1. The molecule has 0 spiro atoms. The summed E-state index contributed by atoms with van der Waals surface area (Å²) >= 11 is 0.740. The molecule has 3 fully saturated rings. The Morgan fingerprint density at radius 1 is 0.983 bits per heavy atom. The number of piperidine rings is 2. The fourth-order valence-corrected chi connectivity index (χ4v) is 9.27. The number of hydrogen-bond donors (Lipinski definition) is 2. The summed E-state index contributed by atoms with van der Waals surface area (Å²) in [5.74, 6) is -5.18. The van der Waals surface area contributed by atoms with Crippen LogP contribution in [0.4, 0.5) is 26.7 Å². The number of thiophene rings is 1. The van der Waals surface area contributed by atoms with Crippen molar-refractivity contribution >= 4 is 29.1 Å². The van der Waals surface area contributed by atoms with Gasteiger partial charge in [0.2, 0.25) is 5.60 Å². The zero-order chi connectivity index (χ0) is 41.2. The normalized spacial score (nSPS) is 21.7. The lowest BCUT2D eigenvalue weighted by Crippen LogP contribution is -2.68. The van der Waals surface area contributed by atoms with E-state index in [2.05, 4.69) is 4.98 Å². The predicted octanol–water partition coefficient (Wildman–Crippen LogP) is 8.57. The largest absolute Gasteiger partial charge is 0.493 e. The van der Waals surface area contributed by atoms with Gasteiger partial charge in [-0.1, -0.05) is 38.0 Å². The van der Waals surface area contributed by atoms with Crippen LogP contribution in [0.1, 0.15) is 111 Å². The van der Waals surface area contributed by atoms with Gasteiger partial charge in [0.25, 0.3) is 17.7 Å². The van der Waals surface area contributed by atoms with Crippen LogP contribution in [0.5, 0.6) is 11.5 Å². The third-order valence-electron chi connectivity index (χ3n) is 11.8. The Balaban J connectivity index is 0.00000641. The van der Waals surface area contributed by atoms with Crippen LogP contribution in [0.15, 0.2) is 54.0 Å². The number of aliphatic carboxylic acids is 1. The number of carbonyl (C=O) groups excluding carboxylic acids is 2. The van der Waals surface area contributed by atoms with Gasteiger partial charge in [0.1, 0.15) is 17.2 Å². The molecule has 2 aliphatic heterocycles. The number of rotatable bonds is 14. The molecule has 0 bridgehead atoms. The van der Waals surface area contributed by atoms with E-state index >= 15 is 4.79 Å². The molecule has 0 unspecified atom stereocenters. The van der Waals surface area contributed by atoms with Gasteiger partial charge in [0, 0.05) is 56.2 Å². The van der Waals surface area contributed by atoms with Crippen molar-refractivity contribution in [2.24, 2.45) is 5.41 Å². The number of alkyl halides is 5. The number of benzene rings is 1. The SMILES string of the molecule is CCC[C@H]1N(C(=O)c2ncccc2C(F)(F)F)CCC[C@@]1(Oc1csc(C(C)(F)F)c1)C(=O)N1CCC(O)(c2ccccc2OCCCC2(C(=O)O)CCC2)CC1.F. The number of pyridine rings is 1. The predicted molar refractivity (Wildman–Crippen MR) is 203 cm³/mol. The molecule has 4 heterocycles. The van der Waals surface area contributed by atoms with Crippen LogP contribution in [0, 0.1) is 5.41 Å². The molecule has 0 radical (unpaired) electrons. The Hall–Kier alpha value is -4.38. The van der Waals surface area contributed by atoms with Gasteiger partial charge in [-0.15, -0.1) is 11.3 Å². The molecule has 2 amide bonds. The molecule has 2 aromatic heterocycles. The first kappa shape index (κ1) is 44.7. The summed E-state index contributed by atoms with van der Waals surface area (Å²) in [5, 5.41) is 23.1. The Morgan fingerprint density at radius 2 is 1.69 bits per heavy atom. The first-order valence-electron chi connectivity index (χ1n) is 19.4. The van der Waals surface area contributed by atoms with E-state index in [1.54, 1.807) is 31.2 Å². The maximum atomic E-state index is 15.0. The number of amides is 2. The third kappa shape index (κ3) is 8.94. The van der Waals surface area contributed by atoms with Gasteiger partial charge in [0.15, 0.2) is 0 Å². The molecule has 2 saturated heterocycles. The molecular formula is C41H49F6N3O7S.